The van der Waals surface area contributed by atoms with Gasteiger partial charge in [-0.15, -0.1) is 0 Å². The van der Waals surface area contributed by atoms with Gasteiger partial charge in [0.15, 0.2) is 69.2 Å². The van der Waals surface area contributed by atoms with Crippen LogP contribution in [-0.2, 0) is 109 Å². The predicted molar refractivity (Wildman–Crippen MR) is 499 cm³/mol. The molecule has 0 spiro atoms. The molecular formula is C106H188O26. The number of aliphatic hydroxyl groups excluding tert-OH is 3. The highest BCUT2D eigenvalue weighted by atomic mass is 16.8. The van der Waals surface area contributed by atoms with E-state index >= 15 is 0 Å². The Morgan fingerprint density at radius 1 is 0.189 bits per heavy atom. The van der Waals surface area contributed by atoms with Crippen molar-refractivity contribution in [3.63, 3.8) is 0 Å². The van der Waals surface area contributed by atoms with Crippen molar-refractivity contribution in [2.24, 2.45) is 148 Å². The van der Waals surface area contributed by atoms with E-state index in [1.807, 2.05) is 13.8 Å². The topological polar surface area (TPSA) is 273 Å². The molecule has 1 aliphatic carbocycles. The summed E-state index contributed by atoms with van der Waals surface area (Å²) in [6.45, 7) is 76.1. The Kier molecular flexibility index (Phi) is 37.3. The maximum atomic E-state index is 12.2. The molecule has 768 valence electrons. The van der Waals surface area contributed by atoms with E-state index in [-0.39, 0.29) is 235 Å². The van der Waals surface area contributed by atoms with Gasteiger partial charge in [0.05, 0.1) is 147 Å². The van der Waals surface area contributed by atoms with Gasteiger partial charge in [0.2, 0.25) is 0 Å². The van der Waals surface area contributed by atoms with Gasteiger partial charge in [-0.2, -0.15) is 0 Å². The third kappa shape index (κ3) is 21.4. The molecule has 12 saturated heterocycles. The van der Waals surface area contributed by atoms with Crippen LogP contribution in [0.4, 0.5) is 0 Å². The SMILES string of the molecule is CCC1O[C@H](O[C@H]2C(CC)O[C@@H](O[C@H]3C(CC)O[C@@H](O[C@@H]4C(CO)O[C@H](O[C@@H]5C(C)O[C@H](O[C@H]6C(CO)O[C@@H](OC7(C)[C@@H]8C(C)O[C@H](O[C@@H]9C(CC)O[C@H](C)C(C)C9C)C(C)[C@H]87)C(C)[C@H]6O)C(C)C5C)C(C)C4C)C(C)[C@H]3C)C(C)[C@H]2C)C(C)C(C)[C@@H]1O[C@H]1OC(CC)[C@@H](O[C@@H]2OC(CC)[C@H](OC3OC(CC)[C@H](OC4OC(CC)[C@H](C)[C@H](C)[C@H]4C)[C@H](C)[C@H]3C)[C@H](C)C2C)C(C)C1C. The standard InChI is InChI=1S/C106H188O26/c1-36-72-48(11)46(9)58(21)96(113-72)123-87-51(14)60(23)97(114-74(87)38-3)124-88-52(15)61(24)98(115-75(88)39-4)125-89-53(16)62(25)99(116-76(89)40-5)126-90-54(17)63(26)100(117-77(90)41-6)127-91-55(18)64(27)101(118-78(91)42-7)128-92-56(19)65(28)102(119-79(92)43-8)130-93-57(20)66(29)103(120-80(93)44-107)122-85-50(13)59(22)95(112-71(85)34)131-94-81(45-108)121-105(68(31)84(94)109)132-106(35)82-67(30)104(111-70(33)83(82)106)129-86-49(12)47(10)69(32)110-73(86)37-2/h46-105,107-109H,36-45H2,1-35H3/t46-,47?,48+,49?,50?,51+,52+,53?,54?,55+,56+,57?,58+,59?,60+,61?,62?,63?,64?,65?,66?,67?,68?,69+,70?,71?,72?,73?,74?,75?,76?,77?,78?,79?,80?,81?,82+,83+,84+,85-,86-,87+,88+,89-,90-,91+,92+,93-,94-,95+,96?,97?,98-,99+,100+,101-,102-,103+,104+,105-,106?/m0/s1. The Morgan fingerprint density at radius 2 is 0.409 bits per heavy atom. The number of aliphatic hydroxyl groups is 3. The Balaban J connectivity index is 0.563. The van der Waals surface area contributed by atoms with Crippen molar-refractivity contribution in [1.29, 1.82) is 0 Å². The second kappa shape index (κ2) is 45.5. The number of hydrogen-bond donors (Lipinski definition) is 3. The van der Waals surface area contributed by atoms with Crippen molar-refractivity contribution in [2.45, 2.75) is 515 Å². The Labute approximate surface area is 796 Å². The molecule has 61 atom stereocenters. The summed E-state index contributed by atoms with van der Waals surface area (Å²) in [7, 11) is 0. The summed E-state index contributed by atoms with van der Waals surface area (Å²) in [5, 5.41) is 34.4. The minimum atomic E-state index is -1.05. The lowest BCUT2D eigenvalue weighted by Gasteiger charge is -2.53. The molecule has 13 rings (SSSR count). The molecule has 0 radical (unpaired) electrons. The lowest BCUT2D eigenvalue weighted by molar-refractivity contribution is -0.374. The van der Waals surface area contributed by atoms with E-state index in [2.05, 4.69) is 228 Å². The van der Waals surface area contributed by atoms with Gasteiger partial charge < -0.3 is 124 Å². The third-order valence-electron chi connectivity index (χ3n) is 37.9. The molecule has 0 aromatic carbocycles. The molecular weight excluding hydrogens is 1690 g/mol. The molecule has 0 aromatic heterocycles. The number of rotatable bonds is 32. The second-order valence-corrected chi connectivity index (χ2v) is 45.4. The minimum absolute atomic E-state index is 0.0000594. The molecule has 12 heterocycles. The molecule has 1 saturated carbocycles. The molecule has 26 nitrogen and oxygen atoms in total. The van der Waals surface area contributed by atoms with Gasteiger partial charge in [-0.1, -0.05) is 215 Å². The average Bonchev–Trinajstić information content (AvgIpc) is 1.52. The van der Waals surface area contributed by atoms with E-state index < -0.39 is 124 Å². The molecule has 13 aliphatic rings. The second-order valence-electron chi connectivity index (χ2n) is 45.4. The first kappa shape index (κ1) is 108. The van der Waals surface area contributed by atoms with Gasteiger partial charge in [0, 0.05) is 76.9 Å². The fourth-order valence-corrected chi connectivity index (χ4v) is 25.8. The quantitative estimate of drug-likeness (QED) is 0.0564. The number of ether oxygens (including phenoxy) is 23. The Hall–Kier alpha value is -1.04. The van der Waals surface area contributed by atoms with E-state index in [1.54, 1.807) is 0 Å². The molecule has 132 heavy (non-hydrogen) atoms. The van der Waals surface area contributed by atoms with Crippen LogP contribution in [0.1, 0.15) is 294 Å². The van der Waals surface area contributed by atoms with Crippen LogP contribution in [0.2, 0.25) is 0 Å². The van der Waals surface area contributed by atoms with Crippen molar-refractivity contribution >= 4 is 0 Å². The van der Waals surface area contributed by atoms with Crippen molar-refractivity contribution in [1.82, 2.24) is 0 Å². The largest absolute Gasteiger partial charge is 0.394 e. The summed E-state index contributed by atoms with van der Waals surface area (Å²) in [6.07, 6.45) is -7.19. The monoisotopic (exact) mass is 1880 g/mol. The Morgan fingerprint density at radius 3 is 0.720 bits per heavy atom. The molecule has 0 amide bonds. The van der Waals surface area contributed by atoms with Crippen molar-refractivity contribution in [3.8, 4) is 0 Å². The highest BCUT2D eigenvalue weighted by molar-refractivity contribution is 5.18. The lowest BCUT2D eigenvalue weighted by Crippen LogP contribution is -2.61. The van der Waals surface area contributed by atoms with E-state index in [9.17, 15) is 15.3 Å². The summed E-state index contributed by atoms with van der Waals surface area (Å²) >= 11 is 0. The van der Waals surface area contributed by atoms with Gasteiger partial charge in [-0.25, -0.2) is 0 Å². The molecule has 12 aliphatic heterocycles. The molecule has 3 N–H and O–H groups in total. The van der Waals surface area contributed by atoms with Crippen LogP contribution >= 0.6 is 0 Å². The van der Waals surface area contributed by atoms with Crippen molar-refractivity contribution in [3.05, 3.63) is 0 Å². The van der Waals surface area contributed by atoms with Gasteiger partial charge in [0.1, 0.15) is 18.3 Å². The molecule has 13 fully saturated rings. The summed E-state index contributed by atoms with van der Waals surface area (Å²) in [5.74, 6) is 1.48. The first-order chi connectivity index (χ1) is 62.5. The fraction of sp³-hybridized carbons (Fsp3) is 1.00. The first-order valence-electron chi connectivity index (χ1n) is 53.5. The van der Waals surface area contributed by atoms with Gasteiger partial charge in [-0.3, -0.25) is 0 Å². The van der Waals surface area contributed by atoms with E-state index in [0.29, 0.717) is 30.1 Å². The van der Waals surface area contributed by atoms with E-state index in [1.165, 1.54) is 0 Å². The van der Waals surface area contributed by atoms with Gasteiger partial charge in [-0.05, 0) is 150 Å². The van der Waals surface area contributed by atoms with E-state index in [4.69, 9.17) is 109 Å². The van der Waals surface area contributed by atoms with Crippen LogP contribution < -0.4 is 0 Å². The lowest BCUT2D eigenvalue weighted by atomic mass is 9.78. The summed E-state index contributed by atoms with van der Waals surface area (Å²) in [6, 6.07) is 0. The van der Waals surface area contributed by atoms with Crippen LogP contribution in [0, 0.1) is 148 Å². The number of hydrogen-bond acceptors (Lipinski definition) is 26. The predicted octanol–water partition coefficient (Wildman–Crippen LogP) is 17.9. The van der Waals surface area contributed by atoms with Crippen LogP contribution in [0.15, 0.2) is 0 Å². The smallest absolute Gasteiger partial charge is 0.164 e. The van der Waals surface area contributed by atoms with Crippen LogP contribution in [-0.4, -0.2) is 250 Å². The zero-order chi connectivity index (χ0) is 96.5. The summed E-state index contributed by atoms with van der Waals surface area (Å²) < 4.78 is 161. The molecule has 26 heteroatoms. The van der Waals surface area contributed by atoms with Crippen LogP contribution in [0.25, 0.3) is 0 Å². The van der Waals surface area contributed by atoms with Crippen LogP contribution in [0.5, 0.6) is 0 Å². The van der Waals surface area contributed by atoms with Gasteiger partial charge in [0.25, 0.3) is 0 Å². The molecule has 0 bridgehead atoms. The maximum absolute atomic E-state index is 12.2. The third-order valence-corrected chi connectivity index (χ3v) is 37.9. The number of fused-ring (bicyclic) bond motifs is 1. The highest BCUT2D eigenvalue weighted by Crippen LogP contribution is 2.65. The normalized spacial score (nSPS) is 55.5. The van der Waals surface area contributed by atoms with Crippen molar-refractivity contribution in [2.75, 3.05) is 13.2 Å². The summed E-state index contributed by atoms with van der Waals surface area (Å²) in [5.41, 5.74) is -0.617. The first-order valence-corrected chi connectivity index (χ1v) is 53.5. The Bertz CT molecular complexity index is 3480. The average molecular weight is 1880 g/mol. The van der Waals surface area contributed by atoms with Crippen LogP contribution in [0.3, 0.4) is 0 Å². The molecule has 30 unspecified atom stereocenters. The minimum Gasteiger partial charge on any atom is -0.394 e. The zero-order valence-electron chi connectivity index (χ0n) is 87.9. The van der Waals surface area contributed by atoms with Crippen molar-refractivity contribution < 1.29 is 124 Å². The van der Waals surface area contributed by atoms with E-state index in [0.717, 1.165) is 44.9 Å². The zero-order valence-corrected chi connectivity index (χ0v) is 87.9. The molecule has 0 aromatic rings. The highest BCUT2D eigenvalue weighted by Gasteiger charge is 2.73. The summed E-state index contributed by atoms with van der Waals surface area (Å²) in [4.78, 5) is 0. The van der Waals surface area contributed by atoms with Gasteiger partial charge >= 0.3 is 0 Å². The maximum Gasteiger partial charge on any atom is 0.164 e. The fourth-order valence-electron chi connectivity index (χ4n) is 25.8.